The predicted molar refractivity (Wildman–Crippen MR) is 120 cm³/mol. The van der Waals surface area contributed by atoms with E-state index in [1.165, 1.54) is 0 Å². The second-order valence-electron chi connectivity index (χ2n) is 7.60. The molecular formula is C24H29ClN2O4. The Morgan fingerprint density at radius 2 is 1.84 bits per heavy atom. The lowest BCUT2D eigenvalue weighted by Crippen LogP contribution is -2.35. The third-order valence-electron chi connectivity index (χ3n) is 5.33. The molecule has 0 spiro atoms. The molecule has 0 aromatic heterocycles. The number of methoxy groups -OCH3 is 1. The zero-order valence-electron chi connectivity index (χ0n) is 17.9. The Kier molecular flexibility index (Phi) is 8.20. The summed E-state index contributed by atoms with van der Waals surface area (Å²) in [7, 11) is 1.72. The molecular weight excluding hydrogens is 416 g/mol. The van der Waals surface area contributed by atoms with Gasteiger partial charge < -0.3 is 19.5 Å². The topological polar surface area (TPSA) is 62.2 Å². The number of unbranched alkanes of at least 4 members (excludes halogenated alkanes) is 1. The van der Waals surface area contributed by atoms with Gasteiger partial charge in [0.25, 0.3) is 0 Å². The lowest BCUT2D eigenvalue weighted by molar-refractivity contribution is -0.145. The number of carbonyl (C=O) groups is 1. The van der Waals surface area contributed by atoms with Gasteiger partial charge in [0.15, 0.2) is 0 Å². The highest BCUT2D eigenvalue weighted by Gasteiger charge is 2.29. The summed E-state index contributed by atoms with van der Waals surface area (Å²) in [5, 5.41) is 9.56. The molecule has 2 aromatic rings. The van der Waals surface area contributed by atoms with Gasteiger partial charge in [0, 0.05) is 49.5 Å². The quantitative estimate of drug-likeness (QED) is 0.381. The molecule has 166 valence electrons. The zero-order valence-corrected chi connectivity index (χ0v) is 18.7. The summed E-state index contributed by atoms with van der Waals surface area (Å²) in [6, 6.07) is 16.5. The fraction of sp³-hybridized carbons (Fsp3) is 0.375. The molecule has 2 unspecified atom stereocenters. The fourth-order valence-electron chi connectivity index (χ4n) is 3.68. The minimum atomic E-state index is -1.04. The Morgan fingerprint density at radius 1 is 1.13 bits per heavy atom. The first-order valence-electron chi connectivity index (χ1n) is 10.4. The van der Waals surface area contributed by atoms with Crippen molar-refractivity contribution in [1.82, 2.24) is 9.32 Å². The maximum absolute atomic E-state index is 11.7. The van der Waals surface area contributed by atoms with E-state index in [-0.39, 0.29) is 6.17 Å². The Labute approximate surface area is 188 Å². The highest BCUT2D eigenvalue weighted by atomic mass is 35.5. The third kappa shape index (κ3) is 6.15. The van der Waals surface area contributed by atoms with E-state index in [4.69, 9.17) is 21.3 Å². The van der Waals surface area contributed by atoms with E-state index in [0.717, 1.165) is 37.1 Å². The lowest BCUT2D eigenvalue weighted by atomic mass is 10.1. The number of benzene rings is 2. The molecule has 2 aromatic carbocycles. The number of hydrogen-bond acceptors (Lipinski definition) is 5. The average Bonchev–Trinajstić information content (AvgIpc) is 3.03. The third-order valence-corrected chi connectivity index (χ3v) is 5.65. The van der Waals surface area contributed by atoms with Crippen molar-refractivity contribution in [3.8, 4) is 5.75 Å². The molecule has 31 heavy (non-hydrogen) atoms. The van der Waals surface area contributed by atoms with Gasteiger partial charge in [0.2, 0.25) is 6.10 Å². The lowest BCUT2D eigenvalue weighted by Gasteiger charge is -2.31. The van der Waals surface area contributed by atoms with Gasteiger partial charge >= 0.3 is 5.97 Å². The van der Waals surface area contributed by atoms with Crippen molar-refractivity contribution in [3.05, 3.63) is 77.6 Å². The normalized spacial score (nSPS) is 16.9. The number of nitrogens with zero attached hydrogens (tertiary/aromatic N) is 2. The van der Waals surface area contributed by atoms with Gasteiger partial charge in [-0.3, -0.25) is 4.42 Å². The largest absolute Gasteiger partial charge is 0.478 e. The van der Waals surface area contributed by atoms with Crippen LogP contribution in [0.15, 0.2) is 66.5 Å². The molecule has 2 atom stereocenters. The summed E-state index contributed by atoms with van der Waals surface area (Å²) in [6.45, 7) is 3.52. The minimum Gasteiger partial charge on any atom is -0.478 e. The molecule has 0 aliphatic carbocycles. The maximum atomic E-state index is 11.7. The van der Waals surface area contributed by atoms with Crippen molar-refractivity contribution in [2.24, 2.45) is 0 Å². The highest BCUT2D eigenvalue weighted by Crippen LogP contribution is 2.30. The summed E-state index contributed by atoms with van der Waals surface area (Å²) in [5.74, 6) is -0.504. The summed E-state index contributed by atoms with van der Waals surface area (Å²) >= 11 is 6.43. The van der Waals surface area contributed by atoms with Crippen LogP contribution in [0, 0.1) is 0 Å². The molecule has 0 amide bonds. The monoisotopic (exact) mass is 444 g/mol. The fourth-order valence-corrected chi connectivity index (χ4v) is 4.03. The van der Waals surface area contributed by atoms with E-state index in [1.54, 1.807) is 35.8 Å². The predicted octanol–water partition coefficient (Wildman–Crippen LogP) is 5.17. The summed E-state index contributed by atoms with van der Waals surface area (Å²) in [4.78, 5) is 13.9. The van der Waals surface area contributed by atoms with Gasteiger partial charge in [-0.15, -0.1) is 0 Å². The van der Waals surface area contributed by atoms with E-state index in [0.29, 0.717) is 17.9 Å². The SMILES string of the molecule is COCCCCC1N(Cl)C=C(C)N1Cc1ccc(OC(C(=O)O)c2ccccc2)cc1. The molecule has 0 saturated carbocycles. The average molecular weight is 445 g/mol. The maximum Gasteiger partial charge on any atom is 0.349 e. The van der Waals surface area contributed by atoms with Gasteiger partial charge in [-0.1, -0.05) is 42.5 Å². The molecule has 1 heterocycles. The smallest absolute Gasteiger partial charge is 0.349 e. The molecule has 3 rings (SSSR count). The molecule has 1 aliphatic rings. The summed E-state index contributed by atoms with van der Waals surface area (Å²) in [5.41, 5.74) is 2.82. The summed E-state index contributed by atoms with van der Waals surface area (Å²) < 4.78 is 12.6. The Morgan fingerprint density at radius 3 is 2.48 bits per heavy atom. The van der Waals surface area contributed by atoms with Gasteiger partial charge in [-0.05, 0) is 43.9 Å². The van der Waals surface area contributed by atoms with E-state index < -0.39 is 12.1 Å². The van der Waals surface area contributed by atoms with Crippen molar-refractivity contribution in [3.63, 3.8) is 0 Å². The van der Waals surface area contributed by atoms with E-state index in [9.17, 15) is 9.90 Å². The van der Waals surface area contributed by atoms with Crippen LogP contribution in [-0.4, -0.2) is 40.3 Å². The van der Waals surface area contributed by atoms with Crippen LogP contribution in [0.4, 0.5) is 0 Å². The van der Waals surface area contributed by atoms with Crippen LogP contribution >= 0.6 is 11.8 Å². The first-order chi connectivity index (χ1) is 15.0. The Balaban J connectivity index is 1.64. The van der Waals surface area contributed by atoms with Crippen molar-refractivity contribution < 1.29 is 19.4 Å². The van der Waals surface area contributed by atoms with Gasteiger partial charge in [0.05, 0.1) is 0 Å². The molecule has 7 heteroatoms. The Bertz CT molecular complexity index is 873. The highest BCUT2D eigenvalue weighted by molar-refractivity contribution is 6.14. The first-order valence-corrected chi connectivity index (χ1v) is 10.7. The number of ether oxygens (including phenoxy) is 2. The van der Waals surface area contributed by atoms with Crippen molar-refractivity contribution in [2.75, 3.05) is 13.7 Å². The molecule has 0 fully saturated rings. The van der Waals surface area contributed by atoms with E-state index in [2.05, 4.69) is 11.8 Å². The number of halogens is 1. The van der Waals surface area contributed by atoms with Crippen molar-refractivity contribution in [1.29, 1.82) is 0 Å². The number of hydrogen-bond donors (Lipinski definition) is 1. The molecule has 0 radical (unpaired) electrons. The van der Waals surface area contributed by atoms with Crippen molar-refractivity contribution >= 4 is 17.7 Å². The van der Waals surface area contributed by atoms with Crippen LogP contribution in [0.2, 0.25) is 0 Å². The van der Waals surface area contributed by atoms with Crippen LogP contribution in [0.1, 0.15) is 43.4 Å². The number of aliphatic carboxylic acids is 1. The number of carboxylic acids is 1. The second-order valence-corrected chi connectivity index (χ2v) is 7.99. The Hall–Kier alpha value is -2.70. The van der Waals surface area contributed by atoms with E-state index >= 15 is 0 Å². The van der Waals surface area contributed by atoms with Crippen molar-refractivity contribution in [2.45, 2.75) is 45.0 Å². The number of allylic oxidation sites excluding steroid dienone is 1. The minimum absolute atomic E-state index is 0.101. The van der Waals surface area contributed by atoms with Gasteiger partial charge in [-0.2, -0.15) is 0 Å². The van der Waals surface area contributed by atoms with Crippen LogP contribution in [-0.2, 0) is 16.1 Å². The first kappa shape index (κ1) is 23.0. The van der Waals surface area contributed by atoms with Crippen LogP contribution in [0.5, 0.6) is 5.75 Å². The van der Waals surface area contributed by atoms with E-state index in [1.807, 2.05) is 36.5 Å². The zero-order chi connectivity index (χ0) is 22.2. The summed E-state index contributed by atoms with van der Waals surface area (Å²) in [6.07, 6.45) is 3.99. The van der Waals surface area contributed by atoms with Gasteiger partial charge in [-0.25, -0.2) is 4.79 Å². The molecule has 6 nitrogen and oxygen atoms in total. The van der Waals surface area contributed by atoms with Gasteiger partial charge in [0.1, 0.15) is 11.9 Å². The number of carboxylic acid groups (broad SMARTS) is 1. The van der Waals surface area contributed by atoms with Crippen LogP contribution < -0.4 is 4.74 Å². The van der Waals surface area contributed by atoms with Crippen LogP contribution in [0.3, 0.4) is 0 Å². The second kappa shape index (κ2) is 11.1. The molecule has 1 aliphatic heterocycles. The standard InChI is InChI=1S/C24H29ClN2O4/c1-18-16-27(25)22(10-6-7-15-30-2)26(18)17-19-11-13-21(14-12-19)31-23(24(28)29)20-8-4-3-5-9-20/h3-5,8-9,11-14,16,22-23H,6-7,10,15,17H2,1-2H3,(H,28,29). The van der Waals surface area contributed by atoms with Crippen LogP contribution in [0.25, 0.3) is 0 Å². The molecule has 0 saturated heterocycles. The number of rotatable bonds is 11. The molecule has 1 N–H and O–H groups in total. The molecule has 0 bridgehead atoms.